The Hall–Kier alpha value is -1.77. The first-order valence-corrected chi connectivity index (χ1v) is 6.65. The van der Waals surface area contributed by atoms with E-state index in [-0.39, 0.29) is 0 Å². The molecule has 0 fully saturated rings. The summed E-state index contributed by atoms with van der Waals surface area (Å²) in [5.74, 6) is 0.823. The molecule has 0 aliphatic carbocycles. The molecule has 0 aromatic heterocycles. The number of rotatable bonds is 4. The molecule has 4 nitrogen and oxygen atoms in total. The standard InChI is InChI=1S/C12H12NO3P/c13-17(14,15-11-7-3-1-4-8-11)16-12-9-5-2-6-10-12/h1-10H,(H2,13,14). The lowest BCUT2D eigenvalue weighted by Gasteiger charge is -2.14. The van der Waals surface area contributed by atoms with Crippen molar-refractivity contribution < 1.29 is 13.6 Å². The van der Waals surface area contributed by atoms with E-state index >= 15 is 0 Å². The van der Waals surface area contributed by atoms with Gasteiger partial charge in [0.1, 0.15) is 11.5 Å². The van der Waals surface area contributed by atoms with Crippen LogP contribution in [0.25, 0.3) is 0 Å². The van der Waals surface area contributed by atoms with E-state index in [2.05, 4.69) is 0 Å². The Morgan fingerprint density at radius 1 is 0.765 bits per heavy atom. The summed E-state index contributed by atoms with van der Waals surface area (Å²) in [5.41, 5.74) is 5.49. The predicted molar refractivity (Wildman–Crippen MR) is 65.9 cm³/mol. The smallest absolute Gasteiger partial charge is 0.405 e. The number of benzene rings is 2. The molecule has 0 aliphatic rings. The number of para-hydroxylation sites is 2. The maximum Gasteiger partial charge on any atom is 0.510 e. The molecule has 88 valence electrons. The first-order chi connectivity index (χ1) is 8.16. The van der Waals surface area contributed by atoms with E-state index < -0.39 is 7.75 Å². The van der Waals surface area contributed by atoms with Crippen LogP contribution in [-0.4, -0.2) is 0 Å². The van der Waals surface area contributed by atoms with Crippen LogP contribution in [0.2, 0.25) is 0 Å². The molecule has 0 saturated heterocycles. The Labute approximate surface area is 99.6 Å². The van der Waals surface area contributed by atoms with Gasteiger partial charge in [0.05, 0.1) is 0 Å². The van der Waals surface area contributed by atoms with Crippen LogP contribution >= 0.6 is 7.75 Å². The number of nitrogens with two attached hydrogens (primary N) is 1. The minimum absolute atomic E-state index is 0.411. The number of hydrogen-bond acceptors (Lipinski definition) is 3. The van der Waals surface area contributed by atoms with Gasteiger partial charge in [-0.15, -0.1) is 0 Å². The normalized spacial score (nSPS) is 10.9. The third-order valence-electron chi connectivity index (χ3n) is 1.95. The highest BCUT2D eigenvalue weighted by Crippen LogP contribution is 2.40. The van der Waals surface area contributed by atoms with E-state index in [1.54, 1.807) is 48.5 Å². The van der Waals surface area contributed by atoms with Gasteiger partial charge in [-0.05, 0) is 24.3 Å². The maximum absolute atomic E-state index is 11.9. The lowest BCUT2D eigenvalue weighted by atomic mass is 10.3. The van der Waals surface area contributed by atoms with Gasteiger partial charge in [0, 0.05) is 0 Å². The third kappa shape index (κ3) is 3.63. The van der Waals surface area contributed by atoms with Gasteiger partial charge in [-0.1, -0.05) is 36.4 Å². The van der Waals surface area contributed by atoms with Crippen molar-refractivity contribution in [1.82, 2.24) is 0 Å². The zero-order valence-corrected chi connectivity index (χ0v) is 9.92. The molecule has 0 atom stereocenters. The monoisotopic (exact) mass is 249 g/mol. The SMILES string of the molecule is NP(=O)(Oc1ccccc1)Oc1ccccc1. The molecule has 2 rings (SSSR count). The highest BCUT2D eigenvalue weighted by molar-refractivity contribution is 7.52. The molecule has 0 aliphatic heterocycles. The second kappa shape index (κ2) is 5.04. The molecule has 17 heavy (non-hydrogen) atoms. The summed E-state index contributed by atoms with van der Waals surface area (Å²) < 4.78 is 22.1. The fourth-order valence-electron chi connectivity index (χ4n) is 1.28. The molecule has 0 bridgehead atoms. The van der Waals surface area contributed by atoms with E-state index in [1.807, 2.05) is 12.1 Å². The van der Waals surface area contributed by atoms with Crippen molar-refractivity contribution in [3.8, 4) is 11.5 Å². The quantitative estimate of drug-likeness (QED) is 0.845. The lowest BCUT2D eigenvalue weighted by molar-refractivity contribution is 0.387. The fraction of sp³-hybridized carbons (Fsp3) is 0. The Balaban J connectivity index is 2.07. The molecular formula is C12H12NO3P. The zero-order valence-electron chi connectivity index (χ0n) is 9.02. The fourth-order valence-corrected chi connectivity index (χ4v) is 2.14. The van der Waals surface area contributed by atoms with Crippen LogP contribution in [0, 0.1) is 0 Å². The predicted octanol–water partition coefficient (Wildman–Crippen LogP) is 3.21. The van der Waals surface area contributed by atoms with Crippen LogP contribution in [0.1, 0.15) is 0 Å². The van der Waals surface area contributed by atoms with Gasteiger partial charge in [-0.25, -0.2) is 10.1 Å². The molecule has 0 radical (unpaired) electrons. The van der Waals surface area contributed by atoms with Crippen LogP contribution in [0.3, 0.4) is 0 Å². The van der Waals surface area contributed by atoms with Crippen molar-refractivity contribution in [2.24, 2.45) is 5.50 Å². The summed E-state index contributed by atoms with van der Waals surface area (Å²) >= 11 is 0. The maximum atomic E-state index is 11.9. The highest BCUT2D eigenvalue weighted by Gasteiger charge is 2.21. The molecule has 2 aromatic rings. The van der Waals surface area contributed by atoms with Crippen molar-refractivity contribution >= 4 is 7.75 Å². The van der Waals surface area contributed by atoms with Gasteiger partial charge in [0.15, 0.2) is 0 Å². The van der Waals surface area contributed by atoms with Crippen molar-refractivity contribution in [3.05, 3.63) is 60.7 Å². The molecular weight excluding hydrogens is 237 g/mol. The van der Waals surface area contributed by atoms with Crippen molar-refractivity contribution in [1.29, 1.82) is 0 Å². The minimum atomic E-state index is -3.64. The molecule has 5 heteroatoms. The first kappa shape index (κ1) is 11.7. The van der Waals surface area contributed by atoms with Crippen molar-refractivity contribution in [2.75, 3.05) is 0 Å². The summed E-state index contributed by atoms with van der Waals surface area (Å²) in [6.45, 7) is 0. The third-order valence-corrected chi connectivity index (χ3v) is 2.88. The summed E-state index contributed by atoms with van der Waals surface area (Å²) in [4.78, 5) is 0. The Morgan fingerprint density at radius 3 is 1.47 bits per heavy atom. The highest BCUT2D eigenvalue weighted by atomic mass is 31.2. The van der Waals surface area contributed by atoms with Crippen molar-refractivity contribution in [2.45, 2.75) is 0 Å². The zero-order chi connectivity index (χ0) is 12.1. The molecule has 2 aromatic carbocycles. The van der Waals surface area contributed by atoms with Gasteiger partial charge < -0.3 is 9.05 Å². The van der Waals surface area contributed by atoms with E-state index in [0.717, 1.165) is 0 Å². The van der Waals surface area contributed by atoms with E-state index in [1.165, 1.54) is 0 Å². The second-order valence-electron chi connectivity index (χ2n) is 3.35. The van der Waals surface area contributed by atoms with Crippen LogP contribution in [0.4, 0.5) is 0 Å². The Bertz CT molecular complexity index is 470. The Morgan fingerprint density at radius 2 is 1.12 bits per heavy atom. The van der Waals surface area contributed by atoms with E-state index in [4.69, 9.17) is 14.6 Å². The van der Waals surface area contributed by atoms with Gasteiger partial charge in [-0.3, -0.25) is 0 Å². The average molecular weight is 249 g/mol. The van der Waals surface area contributed by atoms with Crippen LogP contribution in [0.15, 0.2) is 60.7 Å². The van der Waals surface area contributed by atoms with Gasteiger partial charge in [-0.2, -0.15) is 0 Å². The van der Waals surface area contributed by atoms with Crippen LogP contribution in [-0.2, 0) is 4.57 Å². The lowest BCUT2D eigenvalue weighted by Crippen LogP contribution is -2.08. The molecule has 0 heterocycles. The molecule has 2 N–H and O–H groups in total. The topological polar surface area (TPSA) is 61.6 Å². The largest absolute Gasteiger partial charge is 0.510 e. The van der Waals surface area contributed by atoms with E-state index in [9.17, 15) is 4.57 Å². The molecule has 0 amide bonds. The van der Waals surface area contributed by atoms with Crippen LogP contribution in [0.5, 0.6) is 11.5 Å². The van der Waals surface area contributed by atoms with Gasteiger partial charge >= 0.3 is 7.75 Å². The summed E-state index contributed by atoms with van der Waals surface area (Å²) in [6, 6.07) is 17.3. The van der Waals surface area contributed by atoms with E-state index in [0.29, 0.717) is 11.5 Å². The summed E-state index contributed by atoms with van der Waals surface area (Å²) in [5, 5.41) is 0. The molecule has 0 spiro atoms. The van der Waals surface area contributed by atoms with Gasteiger partial charge in [0.2, 0.25) is 0 Å². The molecule has 0 saturated carbocycles. The number of hydrogen-bond donors (Lipinski definition) is 1. The average Bonchev–Trinajstić information content (AvgIpc) is 2.30. The van der Waals surface area contributed by atoms with Crippen molar-refractivity contribution in [3.63, 3.8) is 0 Å². The van der Waals surface area contributed by atoms with Gasteiger partial charge in [0.25, 0.3) is 0 Å². The second-order valence-corrected chi connectivity index (χ2v) is 4.79. The minimum Gasteiger partial charge on any atom is -0.405 e. The summed E-state index contributed by atoms with van der Waals surface area (Å²) in [7, 11) is -3.64. The summed E-state index contributed by atoms with van der Waals surface area (Å²) in [6.07, 6.45) is 0. The Kier molecular flexibility index (Phi) is 3.47. The molecule has 0 unspecified atom stereocenters. The first-order valence-electron chi connectivity index (χ1n) is 5.04. The van der Waals surface area contributed by atoms with Crippen LogP contribution < -0.4 is 14.6 Å².